The van der Waals surface area contributed by atoms with E-state index in [4.69, 9.17) is 0 Å². The Bertz CT molecular complexity index is 479. The monoisotopic (exact) mass is 290 g/mol. The van der Waals surface area contributed by atoms with Crippen LogP contribution in [0.4, 0.5) is 0 Å². The molecule has 2 atom stereocenters. The normalized spacial score (nSPS) is 28.4. The number of carbonyl (C=O) groups excluding carboxylic acids is 1. The van der Waals surface area contributed by atoms with Gasteiger partial charge in [-0.15, -0.1) is 11.8 Å². The first kappa shape index (κ1) is 14.0. The molecule has 0 aromatic heterocycles. The number of thioether (sulfide) groups is 1. The third-order valence-corrected chi connectivity index (χ3v) is 5.47. The number of piperidine rings is 1. The number of carbonyl (C=O) groups is 1. The van der Waals surface area contributed by atoms with E-state index in [0.717, 1.165) is 12.8 Å². The summed E-state index contributed by atoms with van der Waals surface area (Å²) in [5.74, 6) is 0.689. The van der Waals surface area contributed by atoms with E-state index in [1.807, 2.05) is 12.1 Å². The lowest BCUT2D eigenvalue weighted by Gasteiger charge is -2.29. The smallest absolute Gasteiger partial charge is 0.230 e. The van der Waals surface area contributed by atoms with Crippen molar-refractivity contribution in [2.75, 3.05) is 5.75 Å². The van der Waals surface area contributed by atoms with Crippen LogP contribution in [0.25, 0.3) is 0 Å². The molecule has 2 fully saturated rings. The second-order valence-electron chi connectivity index (χ2n) is 5.93. The Labute approximate surface area is 124 Å². The molecule has 0 aliphatic carbocycles. The van der Waals surface area contributed by atoms with E-state index in [1.165, 1.54) is 23.3 Å². The van der Waals surface area contributed by atoms with Crippen molar-refractivity contribution in [1.29, 1.82) is 0 Å². The highest BCUT2D eigenvalue weighted by Crippen LogP contribution is 2.27. The maximum atomic E-state index is 12.1. The van der Waals surface area contributed by atoms with Crippen LogP contribution in [-0.2, 0) is 4.79 Å². The van der Waals surface area contributed by atoms with E-state index in [-0.39, 0.29) is 5.91 Å². The zero-order chi connectivity index (χ0) is 13.9. The number of aryl methyl sites for hydroxylation is 1. The Morgan fingerprint density at radius 1 is 1.30 bits per heavy atom. The second kappa shape index (κ2) is 6.19. The van der Waals surface area contributed by atoms with Crippen LogP contribution >= 0.6 is 11.8 Å². The molecular formula is C16H22N2OS. The second-order valence-corrected chi connectivity index (χ2v) is 6.95. The minimum Gasteiger partial charge on any atom is -0.353 e. The SMILES string of the molecule is Cc1ccccc1SCC(=O)NC1CC2CCC(C1)N2. The molecule has 20 heavy (non-hydrogen) atoms. The van der Waals surface area contributed by atoms with Crippen LogP contribution in [0, 0.1) is 6.92 Å². The predicted octanol–water partition coefficient (Wildman–Crippen LogP) is 2.49. The van der Waals surface area contributed by atoms with Crippen molar-refractivity contribution in [3.8, 4) is 0 Å². The number of hydrogen-bond acceptors (Lipinski definition) is 3. The largest absolute Gasteiger partial charge is 0.353 e. The molecule has 4 heteroatoms. The lowest BCUT2D eigenvalue weighted by atomic mass is 10.00. The molecule has 2 saturated heterocycles. The number of nitrogens with one attached hydrogen (secondary N) is 2. The molecule has 0 radical (unpaired) electrons. The van der Waals surface area contributed by atoms with Gasteiger partial charge in [0.2, 0.25) is 5.91 Å². The Balaban J connectivity index is 1.47. The minimum absolute atomic E-state index is 0.171. The van der Waals surface area contributed by atoms with Crippen LogP contribution in [-0.4, -0.2) is 29.8 Å². The average molecular weight is 290 g/mol. The quantitative estimate of drug-likeness (QED) is 0.837. The molecule has 108 valence electrons. The molecule has 2 heterocycles. The zero-order valence-corrected chi connectivity index (χ0v) is 12.7. The fraction of sp³-hybridized carbons (Fsp3) is 0.562. The van der Waals surface area contributed by atoms with E-state index < -0.39 is 0 Å². The topological polar surface area (TPSA) is 41.1 Å². The van der Waals surface area contributed by atoms with Crippen molar-refractivity contribution in [2.45, 2.75) is 55.6 Å². The fourth-order valence-corrected chi connectivity index (χ4v) is 4.15. The van der Waals surface area contributed by atoms with E-state index in [1.54, 1.807) is 11.8 Å². The summed E-state index contributed by atoms with van der Waals surface area (Å²) < 4.78 is 0. The van der Waals surface area contributed by atoms with Crippen LogP contribution in [0.2, 0.25) is 0 Å². The Hall–Kier alpha value is -1.00. The van der Waals surface area contributed by atoms with Gasteiger partial charge < -0.3 is 10.6 Å². The summed E-state index contributed by atoms with van der Waals surface area (Å²) in [5, 5.41) is 6.81. The summed E-state index contributed by atoms with van der Waals surface area (Å²) in [6.45, 7) is 2.09. The van der Waals surface area contributed by atoms with Gasteiger partial charge in [0.05, 0.1) is 5.75 Å². The molecule has 2 aliphatic rings. The van der Waals surface area contributed by atoms with Crippen molar-refractivity contribution >= 4 is 17.7 Å². The molecule has 2 aliphatic heterocycles. The number of benzene rings is 1. The van der Waals surface area contributed by atoms with Crippen molar-refractivity contribution in [3.63, 3.8) is 0 Å². The van der Waals surface area contributed by atoms with Gasteiger partial charge in [0.1, 0.15) is 0 Å². The Kier molecular flexibility index (Phi) is 4.32. The Morgan fingerprint density at radius 2 is 2.00 bits per heavy atom. The van der Waals surface area contributed by atoms with Gasteiger partial charge >= 0.3 is 0 Å². The third-order valence-electron chi connectivity index (χ3n) is 4.29. The predicted molar refractivity (Wildman–Crippen MR) is 83.0 cm³/mol. The summed E-state index contributed by atoms with van der Waals surface area (Å²) in [5.41, 5.74) is 1.24. The van der Waals surface area contributed by atoms with Crippen molar-refractivity contribution < 1.29 is 4.79 Å². The molecule has 1 aromatic carbocycles. The number of fused-ring (bicyclic) bond motifs is 2. The molecular weight excluding hydrogens is 268 g/mol. The molecule has 2 N–H and O–H groups in total. The van der Waals surface area contributed by atoms with E-state index in [0.29, 0.717) is 23.9 Å². The molecule has 1 aromatic rings. The van der Waals surface area contributed by atoms with Crippen LogP contribution in [0.3, 0.4) is 0 Å². The van der Waals surface area contributed by atoms with Crippen LogP contribution < -0.4 is 10.6 Å². The molecule has 0 saturated carbocycles. The van der Waals surface area contributed by atoms with Gasteiger partial charge in [0.25, 0.3) is 0 Å². The van der Waals surface area contributed by atoms with Gasteiger partial charge in [-0.2, -0.15) is 0 Å². The third kappa shape index (κ3) is 3.36. The van der Waals surface area contributed by atoms with Gasteiger partial charge in [-0.3, -0.25) is 4.79 Å². The summed E-state index contributed by atoms with van der Waals surface area (Å²) in [6.07, 6.45) is 4.73. The van der Waals surface area contributed by atoms with Crippen molar-refractivity contribution in [2.24, 2.45) is 0 Å². The van der Waals surface area contributed by atoms with Crippen molar-refractivity contribution in [1.82, 2.24) is 10.6 Å². The number of rotatable bonds is 4. The summed E-state index contributed by atoms with van der Waals surface area (Å²) in [7, 11) is 0. The summed E-state index contributed by atoms with van der Waals surface area (Å²) in [6, 6.07) is 9.86. The first-order chi connectivity index (χ1) is 9.70. The van der Waals surface area contributed by atoms with Gasteiger partial charge in [-0.25, -0.2) is 0 Å². The molecule has 0 spiro atoms. The van der Waals surface area contributed by atoms with Gasteiger partial charge in [-0.1, -0.05) is 18.2 Å². The number of hydrogen-bond donors (Lipinski definition) is 2. The average Bonchev–Trinajstić information content (AvgIpc) is 2.77. The molecule has 1 amide bonds. The first-order valence-corrected chi connectivity index (χ1v) is 8.43. The van der Waals surface area contributed by atoms with Crippen molar-refractivity contribution in [3.05, 3.63) is 29.8 Å². The summed E-state index contributed by atoms with van der Waals surface area (Å²) >= 11 is 1.63. The fourth-order valence-electron chi connectivity index (χ4n) is 3.31. The standard InChI is InChI=1S/C16H22N2OS/c1-11-4-2-3-5-15(11)20-10-16(19)18-14-8-12-6-7-13(9-14)17-12/h2-5,12-14,17H,6-10H2,1H3,(H,18,19). The lowest BCUT2D eigenvalue weighted by Crippen LogP contribution is -2.48. The lowest BCUT2D eigenvalue weighted by molar-refractivity contribution is -0.119. The van der Waals surface area contributed by atoms with Gasteiger partial charge in [0.15, 0.2) is 0 Å². The van der Waals surface area contributed by atoms with Gasteiger partial charge in [-0.05, 0) is 44.2 Å². The van der Waals surface area contributed by atoms with E-state index >= 15 is 0 Å². The van der Waals surface area contributed by atoms with Crippen LogP contribution in [0.15, 0.2) is 29.2 Å². The first-order valence-electron chi connectivity index (χ1n) is 7.44. The van der Waals surface area contributed by atoms with E-state index in [2.05, 4.69) is 29.7 Å². The molecule has 3 rings (SSSR count). The maximum absolute atomic E-state index is 12.1. The molecule has 2 bridgehead atoms. The highest BCUT2D eigenvalue weighted by Gasteiger charge is 2.33. The van der Waals surface area contributed by atoms with Gasteiger partial charge in [0, 0.05) is 23.0 Å². The Morgan fingerprint density at radius 3 is 2.70 bits per heavy atom. The minimum atomic E-state index is 0.171. The number of amides is 1. The van der Waals surface area contributed by atoms with E-state index in [9.17, 15) is 4.79 Å². The molecule has 2 unspecified atom stereocenters. The molecule has 3 nitrogen and oxygen atoms in total. The summed E-state index contributed by atoms with van der Waals surface area (Å²) in [4.78, 5) is 13.3. The highest BCUT2D eigenvalue weighted by molar-refractivity contribution is 8.00. The maximum Gasteiger partial charge on any atom is 0.230 e. The highest BCUT2D eigenvalue weighted by atomic mass is 32.2. The zero-order valence-electron chi connectivity index (χ0n) is 11.9. The van der Waals surface area contributed by atoms with Crippen LogP contribution in [0.1, 0.15) is 31.2 Å². The van der Waals surface area contributed by atoms with Crippen LogP contribution in [0.5, 0.6) is 0 Å².